The van der Waals surface area contributed by atoms with Crippen LogP contribution in [0.4, 0.5) is 8.78 Å². The second-order valence-electron chi connectivity index (χ2n) is 21.1. The minimum atomic E-state index is -3.33. The average Bonchev–Trinajstić information content (AvgIpc) is 3.82. The quantitative estimate of drug-likeness (QED) is 0.193. The Morgan fingerprint density at radius 1 is 0.586 bits per heavy atom. The van der Waals surface area contributed by atoms with Crippen molar-refractivity contribution in [3.63, 3.8) is 0 Å². The third-order valence-electron chi connectivity index (χ3n) is 12.8. The van der Waals surface area contributed by atoms with Gasteiger partial charge in [-0.25, -0.2) is 0 Å². The zero-order valence-corrected chi connectivity index (χ0v) is 40.5. The fourth-order valence-corrected chi connectivity index (χ4v) is 18.9. The van der Waals surface area contributed by atoms with Gasteiger partial charge in [-0.2, -0.15) is 0 Å². The summed E-state index contributed by atoms with van der Waals surface area (Å²) >= 11 is -3.33. The molecule has 4 aromatic rings. The zero-order chi connectivity index (χ0) is 40.5. The Hall–Kier alpha value is -2.97. The number of allylic oxidation sites excluding steroid dienone is 8. The normalized spacial score (nSPS) is 17.3. The molecule has 0 spiro atoms. The summed E-state index contributed by atoms with van der Waals surface area (Å²) in [6.45, 7) is 30.3. The van der Waals surface area contributed by atoms with Crippen molar-refractivity contribution in [3.05, 3.63) is 162 Å². The van der Waals surface area contributed by atoms with Gasteiger partial charge in [0.1, 0.15) is 0 Å². The van der Waals surface area contributed by atoms with Crippen LogP contribution in [0.2, 0.25) is 0 Å². The van der Waals surface area contributed by atoms with Crippen molar-refractivity contribution in [2.75, 3.05) is 0 Å². The number of hydrogen-bond acceptors (Lipinski definition) is 0. The van der Waals surface area contributed by atoms with Crippen LogP contribution in [0.25, 0.3) is 22.3 Å². The van der Waals surface area contributed by atoms with Gasteiger partial charge >= 0.3 is 345 Å². The van der Waals surface area contributed by atoms with E-state index in [9.17, 15) is 0 Å². The van der Waals surface area contributed by atoms with E-state index >= 15 is 8.78 Å². The first kappa shape index (κ1) is 44.6. The molecule has 0 aliphatic heterocycles. The third kappa shape index (κ3) is 7.54. The Morgan fingerprint density at radius 3 is 1.38 bits per heavy atom. The van der Waals surface area contributed by atoms with Crippen LogP contribution in [0.3, 0.4) is 0 Å². The Morgan fingerprint density at radius 2 is 1.02 bits per heavy atom. The van der Waals surface area contributed by atoms with E-state index in [4.69, 9.17) is 0 Å². The molecule has 4 aliphatic carbocycles. The second kappa shape index (κ2) is 14.9. The maximum absolute atomic E-state index is 15.5. The Kier molecular flexibility index (Phi) is 11.4. The summed E-state index contributed by atoms with van der Waals surface area (Å²) in [4.78, 5) is 0. The molecule has 58 heavy (non-hydrogen) atoms. The van der Waals surface area contributed by atoms with Gasteiger partial charge in [-0.3, -0.25) is 0 Å². The predicted molar refractivity (Wildman–Crippen MR) is 231 cm³/mol. The van der Waals surface area contributed by atoms with E-state index in [1.54, 1.807) is 12.1 Å². The van der Waals surface area contributed by atoms with Gasteiger partial charge < -0.3 is 24.8 Å². The molecule has 0 atom stereocenters. The first-order valence-corrected chi connectivity index (χ1v) is 24.4. The first-order chi connectivity index (χ1) is 26.0. The van der Waals surface area contributed by atoms with Crippen LogP contribution in [0.1, 0.15) is 145 Å². The smallest absolute Gasteiger partial charge is 1.00 e. The van der Waals surface area contributed by atoms with Gasteiger partial charge in [0.15, 0.2) is 0 Å². The van der Waals surface area contributed by atoms with E-state index < -0.39 is 21.3 Å². The summed E-state index contributed by atoms with van der Waals surface area (Å²) in [5, 5.41) is 0. The zero-order valence-electron chi connectivity index (χ0n) is 36.5. The summed E-state index contributed by atoms with van der Waals surface area (Å²) in [5.41, 5.74) is 16.6. The fourth-order valence-electron chi connectivity index (χ4n) is 9.93. The molecule has 302 valence electrons. The number of hydrogen-bond donors (Lipinski definition) is 0. The number of rotatable bonds is 4. The summed E-state index contributed by atoms with van der Waals surface area (Å²) in [5.74, 6) is -0.526. The third-order valence-corrected chi connectivity index (χ3v) is 21.0. The first-order valence-electron chi connectivity index (χ1n) is 20.5. The van der Waals surface area contributed by atoms with E-state index in [-0.39, 0.29) is 67.1 Å². The predicted octanol–water partition coefficient (Wildman–Crippen LogP) is 8.63. The van der Waals surface area contributed by atoms with Crippen LogP contribution in [0.5, 0.6) is 0 Å². The van der Waals surface area contributed by atoms with Crippen molar-refractivity contribution < 1.29 is 54.9 Å². The van der Waals surface area contributed by atoms with Gasteiger partial charge in [-0.15, -0.1) is 0 Å². The van der Waals surface area contributed by atoms with Crippen LogP contribution in [-0.4, -0.2) is 3.21 Å². The van der Waals surface area contributed by atoms with Crippen molar-refractivity contribution in [3.8, 4) is 11.1 Å². The minimum absolute atomic E-state index is 0. The molecule has 8 rings (SSSR count). The molecule has 0 fully saturated rings. The molecule has 0 saturated carbocycles. The largest absolute Gasteiger partial charge is 1.00 e. The molecule has 4 aliphatic rings. The minimum Gasteiger partial charge on any atom is -1.00 e. The molecule has 5 heteroatoms. The number of halogens is 4. The fraction of sp³-hybridized carbons (Fsp3) is 0.377. The van der Waals surface area contributed by atoms with Crippen LogP contribution < -0.4 is 24.8 Å². The van der Waals surface area contributed by atoms with Crippen LogP contribution in [-0.2, 0) is 32.1 Å². The van der Waals surface area contributed by atoms with Gasteiger partial charge in [-0.05, 0) is 0 Å². The SMILES string of the molecule is CC(C)(C)C1=CC[C]([Zr+2](=[C](c2cccc(F)c2)c2cccc(F)c2)[CH]2c3cc4c(cc3-c3cc5c(cc32)C(C)(C)C=C5C(C)(C)C)C(C(C)(C)C)=CC4(C)C)=C1.[Cl-].[Cl-]. The van der Waals surface area contributed by atoms with E-state index in [0.717, 1.165) is 20.8 Å². The van der Waals surface area contributed by atoms with E-state index in [2.05, 4.69) is 151 Å². The van der Waals surface area contributed by atoms with Crippen molar-refractivity contribution in [2.45, 2.75) is 111 Å². The van der Waals surface area contributed by atoms with Gasteiger partial charge in [0.25, 0.3) is 0 Å². The summed E-state index contributed by atoms with van der Waals surface area (Å²) in [7, 11) is 0. The molecule has 0 unspecified atom stereocenters. The average molecular weight is 895 g/mol. The molecule has 0 amide bonds. The summed E-state index contributed by atoms with van der Waals surface area (Å²) in [6.07, 6.45) is 10.8. The monoisotopic (exact) mass is 892 g/mol. The molecule has 0 saturated heterocycles. The van der Waals surface area contributed by atoms with Gasteiger partial charge in [0.2, 0.25) is 0 Å². The molecule has 0 bridgehead atoms. The number of fused-ring (bicyclic) bond motifs is 5. The molecule has 0 N–H and O–H groups in total. The van der Waals surface area contributed by atoms with E-state index in [1.807, 2.05) is 12.1 Å². The van der Waals surface area contributed by atoms with Gasteiger partial charge in [-0.1, -0.05) is 0 Å². The van der Waals surface area contributed by atoms with Gasteiger partial charge in [0.05, 0.1) is 0 Å². The number of benzene rings is 4. The Labute approximate surface area is 367 Å². The van der Waals surface area contributed by atoms with Crippen molar-refractivity contribution in [1.29, 1.82) is 0 Å². The van der Waals surface area contributed by atoms with Crippen molar-refractivity contribution in [1.82, 2.24) is 0 Å². The van der Waals surface area contributed by atoms with E-state index in [0.29, 0.717) is 0 Å². The maximum atomic E-state index is 15.5. The second-order valence-corrected chi connectivity index (χ2v) is 27.3. The van der Waals surface area contributed by atoms with Crippen molar-refractivity contribution in [2.24, 2.45) is 16.2 Å². The molecule has 4 aromatic carbocycles. The Bertz CT molecular complexity index is 2370. The Balaban J connectivity index is 0.00000283. The molecule has 0 heterocycles. The molecular weight excluding hydrogens is 837 g/mol. The van der Waals surface area contributed by atoms with E-state index in [1.165, 1.54) is 76.6 Å². The van der Waals surface area contributed by atoms with Crippen LogP contribution >= 0.6 is 0 Å². The van der Waals surface area contributed by atoms with Gasteiger partial charge in [0, 0.05) is 0 Å². The standard InChI is InChI=1S/C31H37.C13H8F2.C9H13.2ClH.Zr/c1-28(2,3)26-16-30(7,8)24-12-18-11-19-13-25-23(15-21(19)20(18)14-22(24)26)27(29(4,5)6)17-31(25,9)10;14-12-5-1-3-10(8-12)7-11-4-2-6-13(15)9-11;1-9(2,3)8-6-4-5-7-8;;;/h11-17H,1-10H3;1-6,8-9H;6-7H,4H2,1-3H3;2*1H;/q;;;;;+2/p-2. The molecule has 0 radical (unpaired) electrons. The molecular formula is C53H58Cl2F2Zr. The van der Waals surface area contributed by atoms with Crippen LogP contribution in [0.15, 0.2) is 106 Å². The maximum Gasteiger partial charge on any atom is -1.00 e. The topological polar surface area (TPSA) is 0 Å². The molecule has 0 aromatic heterocycles. The van der Waals surface area contributed by atoms with Crippen molar-refractivity contribution >= 4 is 14.4 Å². The van der Waals surface area contributed by atoms with Crippen LogP contribution in [0, 0.1) is 27.9 Å². The summed E-state index contributed by atoms with van der Waals surface area (Å²) < 4.78 is 33.7. The molecule has 0 nitrogen and oxygen atoms in total. The summed E-state index contributed by atoms with van der Waals surface area (Å²) in [6, 6.07) is 24.4.